The predicted molar refractivity (Wildman–Crippen MR) is 110 cm³/mol. The summed E-state index contributed by atoms with van der Waals surface area (Å²) >= 11 is 3.25. The van der Waals surface area contributed by atoms with Crippen molar-refractivity contribution in [2.24, 2.45) is 0 Å². The van der Waals surface area contributed by atoms with Crippen LogP contribution in [0.2, 0.25) is 0 Å². The molecule has 5 nitrogen and oxygen atoms in total. The van der Waals surface area contributed by atoms with Gasteiger partial charge in [0.1, 0.15) is 0 Å². The van der Waals surface area contributed by atoms with Crippen LogP contribution in [0, 0.1) is 0 Å². The minimum atomic E-state index is -0.164. The Morgan fingerprint density at radius 2 is 2.00 bits per heavy atom. The molecule has 1 atom stereocenters. The van der Waals surface area contributed by atoms with E-state index >= 15 is 0 Å². The molecule has 0 saturated carbocycles. The smallest absolute Gasteiger partial charge is 0.287 e. The van der Waals surface area contributed by atoms with E-state index < -0.39 is 0 Å². The van der Waals surface area contributed by atoms with Crippen LogP contribution >= 0.6 is 15.9 Å². The molecule has 1 fully saturated rings. The van der Waals surface area contributed by atoms with Crippen LogP contribution in [0.1, 0.15) is 47.0 Å². The number of aryl methyl sites for hydroxylation is 1. The highest BCUT2D eigenvalue weighted by molar-refractivity contribution is 9.10. The molecule has 1 aromatic carbocycles. The maximum absolute atomic E-state index is 12.4. The SMILES string of the molecule is CN1CCCc2cc([C@H](CNC(=O)c3ccc(Br)o3)N3CCCC3)ccc21. The van der Waals surface area contributed by atoms with Gasteiger partial charge >= 0.3 is 0 Å². The third-order valence-electron chi connectivity index (χ3n) is 5.67. The summed E-state index contributed by atoms with van der Waals surface area (Å²) in [4.78, 5) is 17.3. The van der Waals surface area contributed by atoms with Crippen molar-refractivity contribution < 1.29 is 9.21 Å². The Hall–Kier alpha value is -1.79. The second-order valence-corrected chi connectivity index (χ2v) is 8.27. The van der Waals surface area contributed by atoms with Crippen molar-refractivity contribution in [3.05, 3.63) is 51.9 Å². The van der Waals surface area contributed by atoms with E-state index in [0.29, 0.717) is 17.0 Å². The Balaban J connectivity index is 1.53. The first-order valence-electron chi connectivity index (χ1n) is 9.73. The van der Waals surface area contributed by atoms with Gasteiger partial charge in [-0.1, -0.05) is 12.1 Å². The third kappa shape index (κ3) is 4.06. The summed E-state index contributed by atoms with van der Waals surface area (Å²) in [6.45, 7) is 3.89. The van der Waals surface area contributed by atoms with Crippen LogP contribution in [0.4, 0.5) is 5.69 Å². The first kappa shape index (κ1) is 18.6. The number of carbonyl (C=O) groups excluding carboxylic acids is 1. The molecule has 1 N–H and O–H groups in total. The lowest BCUT2D eigenvalue weighted by Crippen LogP contribution is -2.37. The molecule has 0 spiro atoms. The molecule has 2 aliphatic heterocycles. The van der Waals surface area contributed by atoms with Crippen LogP contribution in [-0.4, -0.2) is 44.0 Å². The van der Waals surface area contributed by atoms with Gasteiger partial charge in [0.2, 0.25) is 0 Å². The number of furan rings is 1. The van der Waals surface area contributed by atoms with Gasteiger partial charge in [-0.2, -0.15) is 0 Å². The van der Waals surface area contributed by atoms with E-state index in [0.717, 1.165) is 26.1 Å². The molecule has 0 bridgehead atoms. The van der Waals surface area contributed by atoms with Gasteiger partial charge in [0, 0.05) is 25.8 Å². The van der Waals surface area contributed by atoms with Gasteiger partial charge in [-0.25, -0.2) is 0 Å². The second kappa shape index (κ2) is 8.07. The van der Waals surface area contributed by atoms with Crippen molar-refractivity contribution in [1.82, 2.24) is 10.2 Å². The summed E-state index contributed by atoms with van der Waals surface area (Å²) in [5, 5.41) is 3.07. The number of anilines is 1. The summed E-state index contributed by atoms with van der Waals surface area (Å²) in [5.41, 5.74) is 4.06. The number of amides is 1. The molecular formula is C21H26BrN3O2. The van der Waals surface area contributed by atoms with Crippen LogP contribution in [-0.2, 0) is 6.42 Å². The van der Waals surface area contributed by atoms with E-state index in [9.17, 15) is 4.79 Å². The fourth-order valence-electron chi connectivity index (χ4n) is 4.24. The topological polar surface area (TPSA) is 48.7 Å². The lowest BCUT2D eigenvalue weighted by atomic mass is 9.96. The molecule has 1 aromatic heterocycles. The zero-order valence-electron chi connectivity index (χ0n) is 15.7. The van der Waals surface area contributed by atoms with Gasteiger partial charge < -0.3 is 14.6 Å². The van der Waals surface area contributed by atoms with Crippen LogP contribution < -0.4 is 10.2 Å². The zero-order valence-corrected chi connectivity index (χ0v) is 17.3. The van der Waals surface area contributed by atoms with Crippen molar-refractivity contribution in [3.8, 4) is 0 Å². The Kier molecular flexibility index (Phi) is 5.55. The fourth-order valence-corrected chi connectivity index (χ4v) is 4.54. The molecule has 1 amide bonds. The molecule has 1 saturated heterocycles. The van der Waals surface area contributed by atoms with Crippen LogP contribution in [0.15, 0.2) is 39.4 Å². The molecule has 2 aliphatic rings. The van der Waals surface area contributed by atoms with Crippen molar-refractivity contribution in [2.75, 3.05) is 38.1 Å². The Morgan fingerprint density at radius 1 is 1.19 bits per heavy atom. The summed E-state index contributed by atoms with van der Waals surface area (Å²) in [5.74, 6) is 0.178. The van der Waals surface area contributed by atoms with E-state index in [2.05, 4.69) is 56.3 Å². The van der Waals surface area contributed by atoms with Gasteiger partial charge in [-0.3, -0.25) is 9.69 Å². The van der Waals surface area contributed by atoms with Gasteiger partial charge in [0.25, 0.3) is 5.91 Å². The van der Waals surface area contributed by atoms with Crippen molar-refractivity contribution in [2.45, 2.75) is 31.7 Å². The monoisotopic (exact) mass is 431 g/mol. The van der Waals surface area contributed by atoms with E-state index in [1.807, 2.05) is 0 Å². The van der Waals surface area contributed by atoms with E-state index in [1.54, 1.807) is 12.1 Å². The highest BCUT2D eigenvalue weighted by Crippen LogP contribution is 2.32. The number of hydrogen-bond acceptors (Lipinski definition) is 4. The van der Waals surface area contributed by atoms with Gasteiger partial charge in [0.05, 0.1) is 6.04 Å². The molecule has 3 heterocycles. The summed E-state index contributed by atoms with van der Waals surface area (Å²) in [6.07, 6.45) is 4.78. The highest BCUT2D eigenvalue weighted by atomic mass is 79.9. The fraction of sp³-hybridized carbons (Fsp3) is 0.476. The normalized spacial score (nSPS) is 18.4. The Labute approximate surface area is 168 Å². The molecule has 144 valence electrons. The number of carbonyl (C=O) groups is 1. The minimum Gasteiger partial charge on any atom is -0.444 e. The number of halogens is 1. The number of nitrogens with one attached hydrogen (secondary N) is 1. The first-order chi connectivity index (χ1) is 13.1. The van der Waals surface area contributed by atoms with Crippen molar-refractivity contribution in [1.29, 1.82) is 0 Å². The Morgan fingerprint density at radius 3 is 2.74 bits per heavy atom. The molecule has 0 unspecified atom stereocenters. The van der Waals surface area contributed by atoms with Gasteiger partial charge in [-0.15, -0.1) is 0 Å². The maximum Gasteiger partial charge on any atom is 0.287 e. The third-order valence-corrected chi connectivity index (χ3v) is 6.10. The highest BCUT2D eigenvalue weighted by Gasteiger charge is 2.26. The molecule has 2 aromatic rings. The van der Waals surface area contributed by atoms with Crippen LogP contribution in [0.5, 0.6) is 0 Å². The number of likely N-dealkylation sites (tertiary alicyclic amines) is 1. The van der Waals surface area contributed by atoms with E-state index in [-0.39, 0.29) is 11.9 Å². The van der Waals surface area contributed by atoms with Crippen LogP contribution in [0.25, 0.3) is 0 Å². The van der Waals surface area contributed by atoms with Crippen LogP contribution in [0.3, 0.4) is 0 Å². The number of benzene rings is 1. The second-order valence-electron chi connectivity index (χ2n) is 7.49. The molecular weight excluding hydrogens is 406 g/mol. The predicted octanol–water partition coefficient (Wildman–Crippen LogP) is 3.99. The zero-order chi connectivity index (χ0) is 18.8. The molecule has 27 heavy (non-hydrogen) atoms. The lowest BCUT2D eigenvalue weighted by molar-refractivity contribution is 0.0909. The molecule has 0 radical (unpaired) electrons. The molecule has 0 aliphatic carbocycles. The average Bonchev–Trinajstić information content (AvgIpc) is 3.34. The summed E-state index contributed by atoms with van der Waals surface area (Å²) in [6, 6.07) is 10.5. The number of rotatable bonds is 5. The molecule has 6 heteroatoms. The van der Waals surface area contributed by atoms with Crippen molar-refractivity contribution in [3.63, 3.8) is 0 Å². The van der Waals surface area contributed by atoms with Crippen molar-refractivity contribution >= 4 is 27.5 Å². The standard InChI is InChI=1S/C21H26BrN3O2/c1-24-10-4-5-15-13-16(6-7-17(15)24)18(25-11-2-3-12-25)14-23-21(26)19-8-9-20(22)27-19/h6-9,13,18H,2-5,10-12,14H2,1H3,(H,23,26)/t18-/m0/s1. The summed E-state index contributed by atoms with van der Waals surface area (Å²) in [7, 11) is 2.16. The number of nitrogens with zero attached hydrogens (tertiary/aromatic N) is 2. The first-order valence-corrected chi connectivity index (χ1v) is 10.5. The maximum atomic E-state index is 12.4. The van der Waals surface area contributed by atoms with E-state index in [4.69, 9.17) is 4.42 Å². The Bertz CT molecular complexity index is 814. The summed E-state index contributed by atoms with van der Waals surface area (Å²) < 4.78 is 5.95. The minimum absolute atomic E-state index is 0.164. The average molecular weight is 432 g/mol. The molecule has 4 rings (SSSR count). The number of fused-ring (bicyclic) bond motifs is 1. The lowest BCUT2D eigenvalue weighted by Gasteiger charge is -2.31. The van der Waals surface area contributed by atoms with Gasteiger partial charge in [-0.05, 0) is 84.0 Å². The van der Waals surface area contributed by atoms with E-state index in [1.165, 1.54) is 36.1 Å². The quantitative estimate of drug-likeness (QED) is 0.777. The largest absolute Gasteiger partial charge is 0.444 e. The number of hydrogen-bond donors (Lipinski definition) is 1. The van der Waals surface area contributed by atoms with Gasteiger partial charge in [0.15, 0.2) is 10.4 Å².